The molecule has 1 saturated heterocycles. The molecule has 40 heavy (non-hydrogen) atoms. The van der Waals surface area contributed by atoms with Crippen molar-refractivity contribution in [3.8, 4) is 0 Å². The number of nitrogens with zero attached hydrogens (tertiary/aromatic N) is 3. The van der Waals surface area contributed by atoms with Crippen LogP contribution in [0.25, 0.3) is 0 Å². The minimum atomic E-state index is -0.937. The topological polar surface area (TPSA) is 113 Å². The van der Waals surface area contributed by atoms with Crippen LogP contribution in [0.4, 0.5) is 18.4 Å². The molecular formula is C28H33F2N5O5. The number of halogens is 2. The van der Waals surface area contributed by atoms with Gasteiger partial charge >= 0.3 is 18.0 Å². The molecule has 3 heterocycles. The number of carbonyl (C=O) groups is 3. The number of piperidine rings is 1. The van der Waals surface area contributed by atoms with Gasteiger partial charge in [0.05, 0.1) is 37.7 Å². The molecule has 214 valence electrons. The second-order valence-corrected chi connectivity index (χ2v) is 9.72. The second kappa shape index (κ2) is 13.4. The van der Waals surface area contributed by atoms with E-state index in [-0.39, 0.29) is 30.3 Å². The summed E-state index contributed by atoms with van der Waals surface area (Å²) in [4.78, 5) is 46.0. The van der Waals surface area contributed by atoms with Gasteiger partial charge in [-0.05, 0) is 55.5 Å². The molecule has 1 fully saturated rings. The number of amides is 4. The lowest BCUT2D eigenvalue weighted by atomic mass is 9.92. The maximum Gasteiger partial charge on any atom is 0.337 e. The molecule has 2 aromatic rings. The monoisotopic (exact) mass is 557 g/mol. The molecular weight excluding hydrogens is 524 g/mol. The third kappa shape index (κ3) is 6.99. The van der Waals surface area contributed by atoms with Crippen molar-refractivity contribution in [2.75, 3.05) is 40.5 Å². The van der Waals surface area contributed by atoms with E-state index < -0.39 is 35.8 Å². The average Bonchev–Trinajstić information content (AvgIpc) is 2.97. The SMILES string of the molecule is COCC1=C(C(=O)OC)CN(C(=O)NC(CCc2ccc(F)c(F)c2)N2CCC(c3ccccn3)CC2)C(=O)N1. The van der Waals surface area contributed by atoms with E-state index in [4.69, 9.17) is 9.47 Å². The molecule has 0 spiro atoms. The van der Waals surface area contributed by atoms with Gasteiger partial charge < -0.3 is 20.1 Å². The first-order chi connectivity index (χ1) is 19.3. The summed E-state index contributed by atoms with van der Waals surface area (Å²) in [5, 5.41) is 5.47. The highest BCUT2D eigenvalue weighted by atomic mass is 19.2. The van der Waals surface area contributed by atoms with Gasteiger partial charge in [0.25, 0.3) is 0 Å². The maximum absolute atomic E-state index is 13.8. The number of hydrogen-bond donors (Lipinski definition) is 2. The van der Waals surface area contributed by atoms with E-state index in [1.165, 1.54) is 20.3 Å². The number of benzene rings is 1. The highest BCUT2D eigenvalue weighted by molar-refractivity contribution is 6.00. The van der Waals surface area contributed by atoms with Crippen LogP contribution in [0.2, 0.25) is 0 Å². The van der Waals surface area contributed by atoms with Gasteiger partial charge in [-0.2, -0.15) is 0 Å². The van der Waals surface area contributed by atoms with Crippen molar-refractivity contribution in [2.45, 2.75) is 37.8 Å². The molecule has 4 rings (SSSR count). The molecule has 1 aromatic heterocycles. The van der Waals surface area contributed by atoms with Crippen LogP contribution in [0.1, 0.15) is 36.4 Å². The molecule has 1 atom stereocenters. The van der Waals surface area contributed by atoms with Crippen LogP contribution in [0.5, 0.6) is 0 Å². The average molecular weight is 558 g/mol. The van der Waals surface area contributed by atoms with Gasteiger partial charge in [-0.25, -0.2) is 28.1 Å². The van der Waals surface area contributed by atoms with Crippen molar-refractivity contribution < 1.29 is 32.6 Å². The molecule has 2 N–H and O–H groups in total. The number of nitrogens with one attached hydrogen (secondary N) is 2. The lowest BCUT2D eigenvalue weighted by molar-refractivity contribution is -0.136. The number of rotatable bonds is 9. The summed E-state index contributed by atoms with van der Waals surface area (Å²) >= 11 is 0. The van der Waals surface area contributed by atoms with Crippen LogP contribution < -0.4 is 10.6 Å². The van der Waals surface area contributed by atoms with Gasteiger partial charge in [0.2, 0.25) is 0 Å². The van der Waals surface area contributed by atoms with Crippen molar-refractivity contribution >= 4 is 18.0 Å². The quantitative estimate of drug-likeness (QED) is 0.455. The van der Waals surface area contributed by atoms with Gasteiger partial charge in [0.1, 0.15) is 0 Å². The van der Waals surface area contributed by atoms with E-state index in [1.54, 1.807) is 6.20 Å². The summed E-state index contributed by atoms with van der Waals surface area (Å²) in [6.45, 7) is 0.983. The summed E-state index contributed by atoms with van der Waals surface area (Å²) in [7, 11) is 2.63. The van der Waals surface area contributed by atoms with Crippen LogP contribution in [-0.2, 0) is 20.7 Å². The van der Waals surface area contributed by atoms with Gasteiger partial charge in [-0.3, -0.25) is 9.88 Å². The van der Waals surface area contributed by atoms with Gasteiger partial charge in [0.15, 0.2) is 11.6 Å². The number of esters is 1. The summed E-state index contributed by atoms with van der Waals surface area (Å²) in [5.74, 6) is -2.27. The normalized spacial score (nSPS) is 17.4. The molecule has 0 radical (unpaired) electrons. The third-order valence-electron chi connectivity index (χ3n) is 7.21. The van der Waals surface area contributed by atoms with Crippen molar-refractivity contribution in [1.29, 1.82) is 0 Å². The number of urea groups is 2. The smallest absolute Gasteiger partial charge is 0.337 e. The largest absolute Gasteiger partial charge is 0.466 e. The van der Waals surface area contributed by atoms with Crippen LogP contribution in [0.15, 0.2) is 53.9 Å². The van der Waals surface area contributed by atoms with Crippen molar-refractivity contribution in [1.82, 2.24) is 25.4 Å². The molecule has 0 bridgehead atoms. The van der Waals surface area contributed by atoms with E-state index in [0.29, 0.717) is 31.5 Å². The third-order valence-corrected chi connectivity index (χ3v) is 7.21. The molecule has 1 unspecified atom stereocenters. The fourth-order valence-corrected chi connectivity index (χ4v) is 5.03. The number of ether oxygens (including phenoxy) is 2. The minimum absolute atomic E-state index is 0.0340. The molecule has 4 amide bonds. The first-order valence-corrected chi connectivity index (χ1v) is 13.1. The van der Waals surface area contributed by atoms with Crippen molar-refractivity contribution in [3.63, 3.8) is 0 Å². The number of carbonyl (C=O) groups excluding carboxylic acids is 3. The zero-order valence-corrected chi connectivity index (χ0v) is 22.5. The molecule has 10 nitrogen and oxygen atoms in total. The molecule has 12 heteroatoms. The fourth-order valence-electron chi connectivity index (χ4n) is 5.03. The number of aromatic nitrogens is 1. The van der Waals surface area contributed by atoms with Crippen molar-refractivity contribution in [2.24, 2.45) is 0 Å². The Morgan fingerprint density at radius 3 is 2.58 bits per heavy atom. The molecule has 1 aromatic carbocycles. The van der Waals surface area contributed by atoms with Crippen LogP contribution in [0, 0.1) is 11.6 Å². The van der Waals surface area contributed by atoms with Gasteiger partial charge in [0, 0.05) is 38.0 Å². The van der Waals surface area contributed by atoms with E-state index >= 15 is 0 Å². The van der Waals surface area contributed by atoms with Crippen molar-refractivity contribution in [3.05, 3.63) is 76.8 Å². The fraction of sp³-hybridized carbons (Fsp3) is 0.429. The predicted molar refractivity (Wildman–Crippen MR) is 141 cm³/mol. The van der Waals surface area contributed by atoms with Crippen LogP contribution in [0.3, 0.4) is 0 Å². The summed E-state index contributed by atoms with van der Waals surface area (Å²) < 4.78 is 37.1. The number of pyridine rings is 1. The van der Waals surface area contributed by atoms with Gasteiger partial charge in [-0.15, -0.1) is 0 Å². The van der Waals surface area contributed by atoms with Gasteiger partial charge in [-0.1, -0.05) is 12.1 Å². The van der Waals surface area contributed by atoms with E-state index in [1.807, 2.05) is 18.2 Å². The first kappa shape index (κ1) is 29.1. The zero-order valence-electron chi connectivity index (χ0n) is 22.5. The van der Waals surface area contributed by atoms with E-state index in [2.05, 4.69) is 20.5 Å². The highest BCUT2D eigenvalue weighted by Crippen LogP contribution is 2.28. The number of methoxy groups -OCH3 is 2. The Morgan fingerprint density at radius 1 is 1.15 bits per heavy atom. The molecule has 2 aliphatic rings. The summed E-state index contributed by atoms with van der Waals surface area (Å²) in [6, 6.07) is 8.16. The lowest BCUT2D eigenvalue weighted by Gasteiger charge is -2.39. The van der Waals surface area contributed by atoms with Crippen LogP contribution >= 0.6 is 0 Å². The van der Waals surface area contributed by atoms with E-state index in [0.717, 1.165) is 35.6 Å². The Labute approximate surface area is 231 Å². The second-order valence-electron chi connectivity index (χ2n) is 9.72. The Morgan fingerprint density at radius 2 is 1.93 bits per heavy atom. The summed E-state index contributed by atoms with van der Waals surface area (Å²) in [5.41, 5.74) is 1.93. The maximum atomic E-state index is 13.8. The number of aryl methyl sites for hydroxylation is 1. The Kier molecular flexibility index (Phi) is 9.78. The number of likely N-dealkylation sites (tertiary alicyclic amines) is 1. The molecule has 0 aliphatic carbocycles. The Hall–Kier alpha value is -3.90. The molecule has 0 saturated carbocycles. The Balaban J connectivity index is 1.49. The lowest BCUT2D eigenvalue weighted by Crippen LogP contribution is -2.58. The standard InChI is InChI=1S/C28H33F2N5O5/c1-39-17-24-20(26(36)40-2)16-35(27(37)32-24)28(38)33-25(9-7-18-6-8-21(29)22(30)15-18)34-13-10-19(11-14-34)23-5-3-4-12-31-23/h3-6,8,12,15,19,25H,7,9-11,13-14,16-17H2,1-2H3,(H,32,37)(H,33,38). The highest BCUT2D eigenvalue weighted by Gasteiger charge is 2.35. The van der Waals surface area contributed by atoms with Crippen LogP contribution in [-0.4, -0.2) is 79.4 Å². The predicted octanol–water partition coefficient (Wildman–Crippen LogP) is 3.31. The zero-order chi connectivity index (χ0) is 28.6. The molecule has 2 aliphatic heterocycles. The number of imide groups is 1. The van der Waals surface area contributed by atoms with E-state index in [9.17, 15) is 23.2 Å². The number of hydrogen-bond acceptors (Lipinski definition) is 7. The minimum Gasteiger partial charge on any atom is -0.466 e. The first-order valence-electron chi connectivity index (χ1n) is 13.1. The Bertz CT molecular complexity index is 1250. The summed E-state index contributed by atoms with van der Waals surface area (Å²) in [6.07, 6.45) is 3.63.